The van der Waals surface area contributed by atoms with Crippen LogP contribution in [0.15, 0.2) is 18.5 Å². The molecule has 1 aromatic heterocycles. The minimum atomic E-state index is -3.34. The van der Waals surface area contributed by atoms with E-state index in [4.69, 9.17) is 5.14 Å². The third kappa shape index (κ3) is 5.29. The molecule has 0 aliphatic heterocycles. The van der Waals surface area contributed by atoms with Crippen LogP contribution in [-0.4, -0.2) is 36.5 Å². The standard InChI is InChI=1S/C10H20N4O2S/c1-9(10(2)14-7-3-6-13-14)12-5-4-8-17(11,15)16/h3,6-7,9-10,12H,4-5,8H2,1-2H3,(H2,11,15,16)/t9-,10-/m1/s1. The summed E-state index contributed by atoms with van der Waals surface area (Å²) in [6, 6.07) is 2.32. The molecule has 0 aliphatic carbocycles. The zero-order valence-electron chi connectivity index (χ0n) is 10.2. The van der Waals surface area contributed by atoms with E-state index in [1.54, 1.807) is 6.20 Å². The van der Waals surface area contributed by atoms with Crippen LogP contribution in [0.5, 0.6) is 0 Å². The van der Waals surface area contributed by atoms with E-state index in [9.17, 15) is 8.42 Å². The van der Waals surface area contributed by atoms with Gasteiger partial charge in [-0.05, 0) is 32.9 Å². The van der Waals surface area contributed by atoms with Gasteiger partial charge in [-0.15, -0.1) is 0 Å². The van der Waals surface area contributed by atoms with Crippen molar-refractivity contribution in [2.45, 2.75) is 32.4 Å². The highest BCUT2D eigenvalue weighted by atomic mass is 32.2. The molecule has 0 fully saturated rings. The van der Waals surface area contributed by atoms with Gasteiger partial charge in [-0.2, -0.15) is 5.10 Å². The second-order valence-corrected chi connectivity index (χ2v) is 5.92. The Morgan fingerprint density at radius 3 is 2.71 bits per heavy atom. The Labute approximate surface area is 102 Å². The number of rotatable bonds is 7. The lowest BCUT2D eigenvalue weighted by atomic mass is 10.2. The topological polar surface area (TPSA) is 90.0 Å². The fraction of sp³-hybridized carbons (Fsp3) is 0.700. The summed E-state index contributed by atoms with van der Waals surface area (Å²) in [5, 5.41) is 12.3. The molecular weight excluding hydrogens is 240 g/mol. The van der Waals surface area contributed by atoms with Gasteiger partial charge in [-0.1, -0.05) is 0 Å². The van der Waals surface area contributed by atoms with E-state index in [2.05, 4.69) is 17.3 Å². The molecule has 0 amide bonds. The molecule has 2 atom stereocenters. The number of nitrogens with two attached hydrogens (primary N) is 1. The largest absolute Gasteiger partial charge is 0.312 e. The summed E-state index contributed by atoms with van der Waals surface area (Å²) in [6.07, 6.45) is 4.17. The van der Waals surface area contributed by atoms with Crippen molar-refractivity contribution in [2.75, 3.05) is 12.3 Å². The van der Waals surface area contributed by atoms with Gasteiger partial charge in [0.15, 0.2) is 0 Å². The summed E-state index contributed by atoms with van der Waals surface area (Å²) in [7, 11) is -3.34. The van der Waals surface area contributed by atoms with Crippen molar-refractivity contribution in [3.8, 4) is 0 Å². The molecule has 3 N–H and O–H groups in total. The Morgan fingerprint density at radius 2 is 2.18 bits per heavy atom. The fourth-order valence-corrected chi connectivity index (χ4v) is 2.07. The van der Waals surface area contributed by atoms with Crippen LogP contribution in [0, 0.1) is 0 Å². The Balaban J connectivity index is 2.28. The van der Waals surface area contributed by atoms with E-state index in [1.165, 1.54) is 0 Å². The summed E-state index contributed by atoms with van der Waals surface area (Å²) in [5.74, 6) is 0.0167. The fourth-order valence-electron chi connectivity index (χ4n) is 1.52. The van der Waals surface area contributed by atoms with Crippen LogP contribution >= 0.6 is 0 Å². The Kier molecular flexibility index (Phi) is 5.10. The van der Waals surface area contributed by atoms with Crippen molar-refractivity contribution in [3.05, 3.63) is 18.5 Å². The number of hydrogen-bond donors (Lipinski definition) is 2. The van der Waals surface area contributed by atoms with Gasteiger partial charge in [0.25, 0.3) is 0 Å². The number of primary sulfonamides is 1. The quantitative estimate of drug-likeness (QED) is 0.680. The van der Waals surface area contributed by atoms with Crippen molar-refractivity contribution in [1.29, 1.82) is 0 Å². The Morgan fingerprint density at radius 1 is 1.47 bits per heavy atom. The monoisotopic (exact) mass is 260 g/mol. The third-order valence-corrected chi connectivity index (χ3v) is 3.60. The van der Waals surface area contributed by atoms with Crippen molar-refractivity contribution in [1.82, 2.24) is 15.1 Å². The van der Waals surface area contributed by atoms with Crippen molar-refractivity contribution < 1.29 is 8.42 Å². The highest BCUT2D eigenvalue weighted by Gasteiger charge is 2.13. The molecule has 0 saturated heterocycles. The molecule has 6 nitrogen and oxygen atoms in total. The summed E-state index contributed by atoms with van der Waals surface area (Å²) >= 11 is 0. The predicted octanol–water partition coefficient (Wildman–Crippen LogP) is 0.101. The van der Waals surface area contributed by atoms with Gasteiger partial charge in [-0.3, -0.25) is 4.68 Å². The first-order chi connectivity index (χ1) is 7.90. The zero-order valence-corrected chi connectivity index (χ0v) is 11.0. The first-order valence-corrected chi connectivity index (χ1v) is 7.34. The molecule has 1 rings (SSSR count). The van der Waals surface area contributed by atoms with Gasteiger partial charge in [0, 0.05) is 18.4 Å². The number of aromatic nitrogens is 2. The number of nitrogens with zero attached hydrogens (tertiary/aromatic N) is 2. The van der Waals surface area contributed by atoms with Crippen LogP contribution < -0.4 is 10.5 Å². The van der Waals surface area contributed by atoms with E-state index < -0.39 is 10.0 Å². The minimum Gasteiger partial charge on any atom is -0.312 e. The molecule has 0 unspecified atom stereocenters. The van der Waals surface area contributed by atoms with Gasteiger partial charge in [0.1, 0.15) is 0 Å². The second kappa shape index (κ2) is 6.13. The SMILES string of the molecule is C[C@H]([C@@H](C)NCCCS(N)(=O)=O)n1cccn1. The lowest BCUT2D eigenvalue weighted by Gasteiger charge is -2.21. The molecule has 7 heteroatoms. The summed E-state index contributed by atoms with van der Waals surface area (Å²) in [6.45, 7) is 4.73. The van der Waals surface area contributed by atoms with Gasteiger partial charge < -0.3 is 5.32 Å². The second-order valence-electron chi connectivity index (χ2n) is 4.19. The number of sulfonamides is 1. The van der Waals surface area contributed by atoms with Crippen LogP contribution in [0.4, 0.5) is 0 Å². The van der Waals surface area contributed by atoms with Crippen LogP contribution in [0.3, 0.4) is 0 Å². The summed E-state index contributed by atoms with van der Waals surface area (Å²) < 4.78 is 23.3. The summed E-state index contributed by atoms with van der Waals surface area (Å²) in [4.78, 5) is 0. The minimum absolute atomic E-state index is 0.0167. The highest BCUT2D eigenvalue weighted by Crippen LogP contribution is 2.08. The van der Waals surface area contributed by atoms with Crippen LogP contribution in [0.2, 0.25) is 0 Å². The maximum Gasteiger partial charge on any atom is 0.209 e. The lowest BCUT2D eigenvalue weighted by Crippen LogP contribution is -2.35. The molecule has 98 valence electrons. The van der Waals surface area contributed by atoms with E-state index in [0.717, 1.165) is 0 Å². The van der Waals surface area contributed by atoms with Crippen LogP contribution in [0.1, 0.15) is 26.3 Å². The van der Waals surface area contributed by atoms with Crippen LogP contribution in [-0.2, 0) is 10.0 Å². The third-order valence-electron chi connectivity index (χ3n) is 2.74. The first kappa shape index (κ1) is 14.1. The van der Waals surface area contributed by atoms with E-state index in [-0.39, 0.29) is 17.8 Å². The maximum atomic E-state index is 10.7. The molecular formula is C10H20N4O2S. The van der Waals surface area contributed by atoms with Gasteiger partial charge in [0.05, 0.1) is 11.8 Å². The van der Waals surface area contributed by atoms with Crippen molar-refractivity contribution in [2.24, 2.45) is 5.14 Å². The summed E-state index contributed by atoms with van der Waals surface area (Å²) in [5.41, 5.74) is 0. The molecule has 1 heterocycles. The molecule has 0 saturated carbocycles. The molecule has 0 radical (unpaired) electrons. The zero-order chi connectivity index (χ0) is 12.9. The number of nitrogens with one attached hydrogen (secondary N) is 1. The van der Waals surface area contributed by atoms with Gasteiger partial charge >= 0.3 is 0 Å². The van der Waals surface area contributed by atoms with Crippen molar-refractivity contribution in [3.63, 3.8) is 0 Å². The first-order valence-electron chi connectivity index (χ1n) is 5.63. The average molecular weight is 260 g/mol. The van der Waals surface area contributed by atoms with Gasteiger partial charge in [0.2, 0.25) is 10.0 Å². The van der Waals surface area contributed by atoms with E-state index in [1.807, 2.05) is 23.9 Å². The molecule has 0 bridgehead atoms. The maximum absolute atomic E-state index is 10.7. The number of hydrogen-bond acceptors (Lipinski definition) is 4. The molecule has 0 aliphatic rings. The molecule has 17 heavy (non-hydrogen) atoms. The Bertz CT molecular complexity index is 416. The van der Waals surface area contributed by atoms with Crippen LogP contribution in [0.25, 0.3) is 0 Å². The molecule has 0 aromatic carbocycles. The van der Waals surface area contributed by atoms with E-state index >= 15 is 0 Å². The van der Waals surface area contributed by atoms with E-state index in [0.29, 0.717) is 13.0 Å². The van der Waals surface area contributed by atoms with Crippen molar-refractivity contribution >= 4 is 10.0 Å². The Hall–Kier alpha value is -0.920. The molecule has 0 spiro atoms. The average Bonchev–Trinajstić information content (AvgIpc) is 2.74. The van der Waals surface area contributed by atoms with Gasteiger partial charge in [-0.25, -0.2) is 13.6 Å². The smallest absolute Gasteiger partial charge is 0.209 e. The molecule has 1 aromatic rings. The highest BCUT2D eigenvalue weighted by molar-refractivity contribution is 7.89. The normalized spacial score (nSPS) is 15.7. The lowest BCUT2D eigenvalue weighted by molar-refractivity contribution is 0.367. The predicted molar refractivity (Wildman–Crippen MR) is 67.0 cm³/mol.